The monoisotopic (exact) mass is 531 g/mol. The minimum Gasteiger partial charge on any atom is -0.481 e. The van der Waals surface area contributed by atoms with Crippen LogP contribution in [-0.4, -0.2) is 61.1 Å². The van der Waals surface area contributed by atoms with Crippen molar-refractivity contribution in [1.82, 2.24) is 24.5 Å². The zero-order chi connectivity index (χ0) is 27.3. The van der Waals surface area contributed by atoms with Crippen LogP contribution in [0.25, 0.3) is 11.2 Å². The zero-order valence-electron chi connectivity index (χ0n) is 21.1. The molecule has 5 heterocycles. The third-order valence-corrected chi connectivity index (χ3v) is 7.81. The maximum Gasteiger partial charge on any atom is 0.327 e. The van der Waals surface area contributed by atoms with Gasteiger partial charge in [0.15, 0.2) is 5.65 Å². The first-order valence-corrected chi connectivity index (χ1v) is 12.8. The lowest BCUT2D eigenvalue weighted by Crippen LogP contribution is -2.38. The van der Waals surface area contributed by atoms with E-state index in [1.165, 1.54) is 29.4 Å². The number of amides is 1. The number of piperidine rings is 1. The molecular formula is C27H26FN7O4. The number of carbonyl (C=O) groups is 2. The average Bonchev–Trinajstić information content (AvgIpc) is 3.49. The Labute approximate surface area is 221 Å². The average molecular weight is 532 g/mol. The second-order valence-corrected chi connectivity index (χ2v) is 10.0. The maximum absolute atomic E-state index is 14.0. The highest BCUT2D eigenvalue weighted by Crippen LogP contribution is 2.41. The molecule has 2 aliphatic heterocycles. The van der Waals surface area contributed by atoms with Gasteiger partial charge in [0.2, 0.25) is 0 Å². The fourth-order valence-corrected chi connectivity index (χ4v) is 5.70. The highest BCUT2D eigenvalue weighted by Gasteiger charge is 2.39. The standard InChI is InChI=1S/C27H26FN7O4/c1-15(26(37)38)19-13-34(21-5-4-16(28)11-18(19)21)25(36)20-12-23(31-14-30-20)33-9-6-17(7-10-33)35-22-3-2-8-29-24(22)32-27(35)39/h2-5,8,11-12,14-15,17,19H,6-7,9-10,13H2,1H3,(H,37,38)(H,29,32,39). The summed E-state index contributed by atoms with van der Waals surface area (Å²) in [7, 11) is 0. The van der Waals surface area contributed by atoms with Crippen molar-refractivity contribution in [1.29, 1.82) is 0 Å². The molecule has 11 nitrogen and oxygen atoms in total. The molecule has 2 N–H and O–H groups in total. The van der Waals surface area contributed by atoms with Crippen LogP contribution in [0.5, 0.6) is 0 Å². The molecule has 1 saturated heterocycles. The summed E-state index contributed by atoms with van der Waals surface area (Å²) in [5, 5.41) is 9.56. The molecule has 4 aromatic rings. The van der Waals surface area contributed by atoms with Crippen LogP contribution in [0.2, 0.25) is 0 Å². The van der Waals surface area contributed by atoms with Crippen molar-refractivity contribution in [3.05, 3.63) is 76.5 Å². The summed E-state index contributed by atoms with van der Waals surface area (Å²) in [6, 6.07) is 9.38. The summed E-state index contributed by atoms with van der Waals surface area (Å²) in [4.78, 5) is 57.0. The molecule has 1 aromatic carbocycles. The lowest BCUT2D eigenvalue weighted by atomic mass is 9.89. The number of aromatic nitrogens is 5. The Morgan fingerprint density at radius 3 is 2.69 bits per heavy atom. The van der Waals surface area contributed by atoms with Gasteiger partial charge in [-0.1, -0.05) is 6.92 Å². The SMILES string of the molecule is CC(C(=O)O)C1CN(C(=O)c2cc(N3CCC(n4c(=O)[nH]c5ncccc54)CC3)ncn2)c2ccc(F)cc21. The Kier molecular flexibility index (Phi) is 6.09. The molecule has 1 amide bonds. The number of anilines is 2. The number of carboxylic acid groups (broad SMARTS) is 1. The highest BCUT2D eigenvalue weighted by molar-refractivity contribution is 6.06. The van der Waals surface area contributed by atoms with Crippen molar-refractivity contribution in [2.45, 2.75) is 31.7 Å². The first-order valence-electron chi connectivity index (χ1n) is 12.8. The molecule has 39 heavy (non-hydrogen) atoms. The van der Waals surface area contributed by atoms with Gasteiger partial charge >= 0.3 is 11.7 Å². The van der Waals surface area contributed by atoms with Crippen LogP contribution in [0.3, 0.4) is 0 Å². The van der Waals surface area contributed by atoms with Crippen molar-refractivity contribution >= 4 is 34.5 Å². The van der Waals surface area contributed by atoms with E-state index in [-0.39, 0.29) is 24.0 Å². The number of nitrogens with one attached hydrogen (secondary N) is 1. The van der Waals surface area contributed by atoms with Crippen LogP contribution in [0, 0.1) is 11.7 Å². The van der Waals surface area contributed by atoms with E-state index in [1.54, 1.807) is 29.8 Å². The molecule has 2 atom stereocenters. The molecule has 12 heteroatoms. The number of aromatic amines is 1. The fraction of sp³-hybridized carbons (Fsp3) is 0.333. The molecule has 0 radical (unpaired) electrons. The molecule has 2 unspecified atom stereocenters. The Bertz CT molecular complexity index is 1640. The third kappa shape index (κ3) is 4.31. The molecule has 200 valence electrons. The van der Waals surface area contributed by atoms with Gasteiger partial charge in [0.1, 0.15) is 23.7 Å². The van der Waals surface area contributed by atoms with E-state index in [0.717, 1.165) is 5.52 Å². The van der Waals surface area contributed by atoms with Gasteiger partial charge in [-0.3, -0.25) is 19.1 Å². The second kappa shape index (κ2) is 9.61. The van der Waals surface area contributed by atoms with Gasteiger partial charge in [-0.2, -0.15) is 0 Å². The number of aliphatic carboxylic acids is 1. The maximum atomic E-state index is 14.0. The number of rotatable bonds is 5. The number of fused-ring (bicyclic) bond motifs is 2. The molecule has 0 aliphatic carbocycles. The van der Waals surface area contributed by atoms with Gasteiger partial charge in [-0.05, 0) is 48.7 Å². The van der Waals surface area contributed by atoms with E-state index in [1.807, 2.05) is 6.07 Å². The largest absolute Gasteiger partial charge is 0.481 e. The van der Waals surface area contributed by atoms with Crippen LogP contribution >= 0.6 is 0 Å². The van der Waals surface area contributed by atoms with E-state index >= 15 is 0 Å². The first kappa shape index (κ1) is 24.7. The Balaban J connectivity index is 1.21. The van der Waals surface area contributed by atoms with Crippen LogP contribution in [-0.2, 0) is 4.79 Å². The van der Waals surface area contributed by atoms with E-state index in [0.29, 0.717) is 48.6 Å². The number of halogens is 1. The smallest absolute Gasteiger partial charge is 0.327 e. The van der Waals surface area contributed by atoms with E-state index < -0.39 is 29.5 Å². The summed E-state index contributed by atoms with van der Waals surface area (Å²) < 4.78 is 15.8. The Morgan fingerprint density at radius 2 is 1.92 bits per heavy atom. The minimum atomic E-state index is -1.01. The molecule has 0 bridgehead atoms. The van der Waals surface area contributed by atoms with Gasteiger partial charge in [-0.15, -0.1) is 0 Å². The van der Waals surface area contributed by atoms with Gasteiger partial charge in [0, 0.05) is 49.5 Å². The van der Waals surface area contributed by atoms with Gasteiger partial charge in [0.05, 0.1) is 11.4 Å². The number of benzene rings is 1. The normalized spacial score (nSPS) is 18.4. The van der Waals surface area contributed by atoms with E-state index in [2.05, 4.69) is 24.8 Å². The Hall–Kier alpha value is -4.61. The van der Waals surface area contributed by atoms with Crippen LogP contribution in [0.4, 0.5) is 15.9 Å². The van der Waals surface area contributed by atoms with Crippen molar-refractivity contribution in [2.24, 2.45) is 5.92 Å². The van der Waals surface area contributed by atoms with E-state index in [4.69, 9.17) is 0 Å². The molecule has 0 saturated carbocycles. The number of pyridine rings is 1. The topological polar surface area (TPSA) is 137 Å². The molecule has 0 spiro atoms. The molecule has 2 aliphatic rings. The number of hydrogen-bond donors (Lipinski definition) is 2. The van der Waals surface area contributed by atoms with E-state index in [9.17, 15) is 23.9 Å². The number of carbonyl (C=O) groups excluding carboxylic acids is 1. The predicted octanol–water partition coefficient (Wildman–Crippen LogP) is 2.96. The highest BCUT2D eigenvalue weighted by atomic mass is 19.1. The number of H-pyrrole nitrogens is 1. The zero-order valence-corrected chi connectivity index (χ0v) is 21.1. The number of nitrogens with zero attached hydrogens (tertiary/aromatic N) is 6. The van der Waals surface area contributed by atoms with Gasteiger partial charge in [-0.25, -0.2) is 24.1 Å². The number of hydrogen-bond acceptors (Lipinski definition) is 7. The number of carboxylic acids is 1. The summed E-state index contributed by atoms with van der Waals surface area (Å²) >= 11 is 0. The second-order valence-electron chi connectivity index (χ2n) is 10.0. The van der Waals surface area contributed by atoms with Gasteiger partial charge in [0.25, 0.3) is 5.91 Å². The molecular weight excluding hydrogens is 505 g/mol. The fourth-order valence-electron chi connectivity index (χ4n) is 5.70. The first-order chi connectivity index (χ1) is 18.8. The quantitative estimate of drug-likeness (QED) is 0.401. The molecule has 1 fully saturated rings. The minimum absolute atomic E-state index is 0.00398. The third-order valence-electron chi connectivity index (χ3n) is 7.81. The van der Waals surface area contributed by atoms with Gasteiger partial charge < -0.3 is 14.9 Å². The summed E-state index contributed by atoms with van der Waals surface area (Å²) in [6.07, 6.45) is 4.39. The molecule has 3 aromatic heterocycles. The number of imidazole rings is 1. The summed E-state index contributed by atoms with van der Waals surface area (Å²) in [6.45, 7) is 2.92. The van der Waals surface area contributed by atoms with Crippen molar-refractivity contribution in [3.8, 4) is 0 Å². The lowest BCUT2D eigenvalue weighted by Gasteiger charge is -2.33. The summed E-state index contributed by atoms with van der Waals surface area (Å²) in [5.41, 5.74) is 2.31. The van der Waals surface area contributed by atoms with Crippen molar-refractivity contribution in [2.75, 3.05) is 29.4 Å². The lowest BCUT2D eigenvalue weighted by molar-refractivity contribution is -0.141. The van der Waals surface area contributed by atoms with Crippen molar-refractivity contribution in [3.63, 3.8) is 0 Å². The Morgan fingerprint density at radius 1 is 1.13 bits per heavy atom. The predicted molar refractivity (Wildman–Crippen MR) is 140 cm³/mol. The van der Waals surface area contributed by atoms with Crippen LogP contribution in [0.1, 0.15) is 47.8 Å². The van der Waals surface area contributed by atoms with Crippen LogP contribution in [0.15, 0.2) is 53.7 Å². The molecule has 6 rings (SSSR count). The summed E-state index contributed by atoms with van der Waals surface area (Å²) in [5.74, 6) is -2.65. The van der Waals surface area contributed by atoms with Crippen LogP contribution < -0.4 is 15.5 Å². The van der Waals surface area contributed by atoms with Crippen molar-refractivity contribution < 1.29 is 19.1 Å².